The zero-order valence-corrected chi connectivity index (χ0v) is 9.93. The van der Waals surface area contributed by atoms with Crippen LogP contribution in [-0.2, 0) is 6.54 Å². The van der Waals surface area contributed by atoms with E-state index in [9.17, 15) is 4.79 Å². The minimum Gasteiger partial charge on any atom is -0.455 e. The van der Waals surface area contributed by atoms with Crippen LogP contribution in [0, 0.1) is 22.7 Å². The van der Waals surface area contributed by atoms with Crippen LogP contribution >= 0.6 is 0 Å². The lowest BCUT2D eigenvalue weighted by Crippen LogP contribution is -2.32. The summed E-state index contributed by atoms with van der Waals surface area (Å²) < 4.78 is 5.25. The van der Waals surface area contributed by atoms with Crippen molar-refractivity contribution in [2.24, 2.45) is 5.73 Å². The van der Waals surface area contributed by atoms with Crippen LogP contribution < -0.4 is 5.73 Å². The van der Waals surface area contributed by atoms with Gasteiger partial charge >= 0.3 is 0 Å². The van der Waals surface area contributed by atoms with Crippen molar-refractivity contribution < 1.29 is 9.21 Å². The van der Waals surface area contributed by atoms with Crippen LogP contribution in [0.25, 0.3) is 0 Å². The molecule has 0 saturated carbocycles. The predicted molar refractivity (Wildman–Crippen MR) is 63.0 cm³/mol. The highest BCUT2D eigenvalue weighted by Crippen LogP contribution is 2.11. The van der Waals surface area contributed by atoms with Crippen LogP contribution in [0.5, 0.6) is 0 Å². The summed E-state index contributed by atoms with van der Waals surface area (Å²) in [5.41, 5.74) is 5.40. The molecule has 18 heavy (non-hydrogen) atoms. The molecule has 0 saturated heterocycles. The van der Waals surface area contributed by atoms with Crippen molar-refractivity contribution in [1.29, 1.82) is 10.5 Å². The second kappa shape index (κ2) is 7.10. The number of carbonyl (C=O) groups excluding carboxylic acids is 1. The molecule has 1 amide bonds. The molecule has 0 atom stereocenters. The number of nitrogens with zero attached hydrogens (tertiary/aromatic N) is 3. The third-order valence-electron chi connectivity index (χ3n) is 2.35. The molecule has 0 aromatic carbocycles. The topological polar surface area (TPSA) is 107 Å². The molecule has 0 spiro atoms. The van der Waals surface area contributed by atoms with Crippen molar-refractivity contribution in [1.82, 2.24) is 4.90 Å². The van der Waals surface area contributed by atoms with E-state index in [-0.39, 0.29) is 44.1 Å². The Kier molecular flexibility index (Phi) is 5.43. The lowest BCUT2D eigenvalue weighted by molar-refractivity contribution is 0.0728. The molecule has 0 radical (unpaired) electrons. The Hall–Kier alpha value is -2.31. The summed E-state index contributed by atoms with van der Waals surface area (Å²) in [4.78, 5) is 13.5. The van der Waals surface area contributed by atoms with Gasteiger partial charge in [-0.1, -0.05) is 0 Å². The highest BCUT2D eigenvalue weighted by atomic mass is 16.4. The second-order valence-corrected chi connectivity index (χ2v) is 3.58. The minimum absolute atomic E-state index is 0.186. The van der Waals surface area contributed by atoms with E-state index in [2.05, 4.69) is 0 Å². The summed E-state index contributed by atoms with van der Waals surface area (Å²) in [6, 6.07) is 7.13. The Morgan fingerprint density at radius 3 is 2.33 bits per heavy atom. The molecule has 0 aliphatic rings. The van der Waals surface area contributed by atoms with E-state index < -0.39 is 0 Å². The van der Waals surface area contributed by atoms with E-state index in [1.54, 1.807) is 12.1 Å². The first-order valence-electron chi connectivity index (χ1n) is 5.55. The molecule has 6 heteroatoms. The molecule has 2 N–H and O–H groups in total. The maximum atomic E-state index is 12.1. The first-order valence-corrected chi connectivity index (χ1v) is 5.55. The van der Waals surface area contributed by atoms with Gasteiger partial charge < -0.3 is 15.1 Å². The minimum atomic E-state index is -0.319. The number of amides is 1. The summed E-state index contributed by atoms with van der Waals surface area (Å²) in [6.07, 6.45) is 0.448. The number of rotatable bonds is 6. The normalized spacial score (nSPS) is 9.50. The highest BCUT2D eigenvalue weighted by Gasteiger charge is 2.18. The van der Waals surface area contributed by atoms with Gasteiger partial charge in [0.25, 0.3) is 5.91 Å². The van der Waals surface area contributed by atoms with Gasteiger partial charge in [0.05, 0.1) is 31.5 Å². The lowest BCUT2D eigenvalue weighted by atomic mass is 10.3. The van der Waals surface area contributed by atoms with Crippen molar-refractivity contribution in [3.63, 3.8) is 0 Å². The van der Waals surface area contributed by atoms with E-state index in [0.29, 0.717) is 5.76 Å². The van der Waals surface area contributed by atoms with Crippen molar-refractivity contribution in [2.75, 3.05) is 13.1 Å². The largest absolute Gasteiger partial charge is 0.455 e. The summed E-state index contributed by atoms with van der Waals surface area (Å²) >= 11 is 0. The molecule has 0 fully saturated rings. The molecule has 6 nitrogen and oxygen atoms in total. The average Bonchev–Trinajstić information content (AvgIpc) is 2.87. The van der Waals surface area contributed by atoms with Gasteiger partial charge in [0.2, 0.25) is 0 Å². The van der Waals surface area contributed by atoms with E-state index in [1.165, 1.54) is 4.90 Å². The van der Waals surface area contributed by atoms with Gasteiger partial charge in [-0.05, 0) is 12.1 Å². The van der Waals surface area contributed by atoms with Gasteiger partial charge in [-0.15, -0.1) is 0 Å². The van der Waals surface area contributed by atoms with Crippen LogP contribution in [0.4, 0.5) is 0 Å². The molecular formula is C12H14N4O2. The van der Waals surface area contributed by atoms with Gasteiger partial charge in [-0.3, -0.25) is 4.79 Å². The first kappa shape index (κ1) is 13.8. The van der Waals surface area contributed by atoms with Crippen LogP contribution in [0.3, 0.4) is 0 Å². The van der Waals surface area contributed by atoms with Crippen LogP contribution in [0.15, 0.2) is 16.5 Å². The summed E-state index contributed by atoms with van der Waals surface area (Å²) in [5, 5.41) is 17.1. The number of carbonyl (C=O) groups is 1. The molecule has 1 aromatic heterocycles. The number of hydrogen-bond acceptors (Lipinski definition) is 5. The zero-order chi connectivity index (χ0) is 13.4. The molecule has 0 unspecified atom stereocenters. The summed E-state index contributed by atoms with van der Waals surface area (Å²) in [7, 11) is 0. The zero-order valence-electron chi connectivity index (χ0n) is 9.93. The van der Waals surface area contributed by atoms with Crippen molar-refractivity contribution in [2.45, 2.75) is 19.4 Å². The molecule has 0 aliphatic carbocycles. The molecule has 1 heterocycles. The smallest absolute Gasteiger partial charge is 0.289 e. The van der Waals surface area contributed by atoms with Gasteiger partial charge in [0.1, 0.15) is 5.76 Å². The molecule has 0 aliphatic heterocycles. The fraction of sp³-hybridized carbons (Fsp3) is 0.417. The SMILES string of the molecule is N#CCCN(CCC#N)C(=O)c1ccc(CN)o1. The van der Waals surface area contributed by atoms with E-state index in [1.807, 2.05) is 12.1 Å². The summed E-state index contributed by atoms with van der Waals surface area (Å²) in [5.74, 6) is 0.394. The maximum Gasteiger partial charge on any atom is 0.289 e. The van der Waals surface area contributed by atoms with Crippen molar-refractivity contribution >= 4 is 5.91 Å². The van der Waals surface area contributed by atoms with E-state index in [4.69, 9.17) is 20.7 Å². The summed E-state index contributed by atoms with van der Waals surface area (Å²) in [6.45, 7) is 0.801. The van der Waals surface area contributed by atoms with E-state index in [0.717, 1.165) is 0 Å². The first-order chi connectivity index (χ1) is 8.72. The highest BCUT2D eigenvalue weighted by molar-refractivity contribution is 5.91. The fourth-order valence-corrected chi connectivity index (χ4v) is 1.44. The fourth-order valence-electron chi connectivity index (χ4n) is 1.44. The van der Waals surface area contributed by atoms with Crippen LogP contribution in [0.1, 0.15) is 29.2 Å². The molecular weight excluding hydrogens is 232 g/mol. The van der Waals surface area contributed by atoms with Gasteiger partial charge in [0.15, 0.2) is 5.76 Å². The van der Waals surface area contributed by atoms with E-state index >= 15 is 0 Å². The van der Waals surface area contributed by atoms with Gasteiger partial charge in [-0.25, -0.2) is 0 Å². The number of nitrogens with two attached hydrogens (primary N) is 1. The quantitative estimate of drug-likeness (QED) is 0.805. The van der Waals surface area contributed by atoms with Crippen molar-refractivity contribution in [3.8, 4) is 12.1 Å². The third kappa shape index (κ3) is 3.62. The van der Waals surface area contributed by atoms with Gasteiger partial charge in [0, 0.05) is 13.1 Å². The Morgan fingerprint density at radius 2 is 1.89 bits per heavy atom. The number of nitriles is 2. The molecule has 94 valence electrons. The number of hydrogen-bond donors (Lipinski definition) is 1. The standard InChI is InChI=1S/C12H14N4O2/c13-5-1-7-16(8-2-6-14)12(17)11-4-3-10(9-15)18-11/h3-4H,1-2,7-9,15H2. The van der Waals surface area contributed by atoms with Crippen molar-refractivity contribution in [3.05, 3.63) is 23.7 Å². The monoisotopic (exact) mass is 246 g/mol. The Labute approximate surface area is 105 Å². The van der Waals surface area contributed by atoms with Crippen LogP contribution in [-0.4, -0.2) is 23.9 Å². The van der Waals surface area contributed by atoms with Crippen LogP contribution in [0.2, 0.25) is 0 Å². The lowest BCUT2D eigenvalue weighted by Gasteiger charge is -2.18. The maximum absolute atomic E-state index is 12.1. The Balaban J connectivity index is 2.74. The predicted octanol–water partition coefficient (Wildman–Crippen LogP) is 1.01. The molecule has 1 aromatic rings. The second-order valence-electron chi connectivity index (χ2n) is 3.58. The molecule has 0 bridgehead atoms. The Bertz CT molecular complexity index is 463. The number of furan rings is 1. The molecule has 1 rings (SSSR count). The third-order valence-corrected chi connectivity index (χ3v) is 2.35. The van der Waals surface area contributed by atoms with Gasteiger partial charge in [-0.2, -0.15) is 10.5 Å². The average molecular weight is 246 g/mol. The Morgan fingerprint density at radius 1 is 1.28 bits per heavy atom.